The van der Waals surface area contributed by atoms with Gasteiger partial charge in [-0.1, -0.05) is 37.5 Å². The van der Waals surface area contributed by atoms with Gasteiger partial charge in [0, 0.05) is 57.7 Å². The first-order valence-electron chi connectivity index (χ1n) is 17.2. The first-order chi connectivity index (χ1) is 21.7. The summed E-state index contributed by atoms with van der Waals surface area (Å²) in [6.07, 6.45) is 11.2. The normalized spacial score (nSPS) is 22.6. The highest BCUT2D eigenvalue weighted by Crippen LogP contribution is 2.38. The molecule has 1 aromatic carbocycles. The lowest BCUT2D eigenvalue weighted by atomic mass is 9.85. The summed E-state index contributed by atoms with van der Waals surface area (Å²) in [5.41, 5.74) is 5.54. The third kappa shape index (κ3) is 7.40. The Bertz CT molecular complexity index is 1350. The zero-order valence-corrected chi connectivity index (χ0v) is 27.4. The van der Waals surface area contributed by atoms with Crippen molar-refractivity contribution in [2.45, 2.75) is 103 Å². The molecule has 0 bridgehead atoms. The molecule has 2 fully saturated rings. The largest absolute Gasteiger partial charge is 0.465 e. The zero-order chi connectivity index (χ0) is 31.6. The van der Waals surface area contributed by atoms with Crippen LogP contribution in [-0.4, -0.2) is 87.9 Å². The summed E-state index contributed by atoms with van der Waals surface area (Å²) in [5.74, 6) is 0.652. The lowest BCUT2D eigenvalue weighted by molar-refractivity contribution is 0.0240. The van der Waals surface area contributed by atoms with E-state index in [1.807, 2.05) is 33.0 Å². The Morgan fingerprint density at radius 2 is 1.71 bits per heavy atom. The Kier molecular flexibility index (Phi) is 9.54. The van der Waals surface area contributed by atoms with E-state index in [2.05, 4.69) is 34.1 Å². The fourth-order valence-electron chi connectivity index (χ4n) is 8.04. The van der Waals surface area contributed by atoms with Gasteiger partial charge >= 0.3 is 12.2 Å². The van der Waals surface area contributed by atoms with Crippen LogP contribution < -0.4 is 4.90 Å². The minimum absolute atomic E-state index is 0.142. The third-order valence-corrected chi connectivity index (χ3v) is 10.3. The van der Waals surface area contributed by atoms with Crippen molar-refractivity contribution in [2.75, 3.05) is 44.2 Å². The van der Waals surface area contributed by atoms with Gasteiger partial charge in [0.05, 0.1) is 17.8 Å². The van der Waals surface area contributed by atoms with Gasteiger partial charge in [-0.2, -0.15) is 0 Å². The minimum atomic E-state index is -0.846. The Labute approximate surface area is 268 Å². The summed E-state index contributed by atoms with van der Waals surface area (Å²) < 4.78 is 5.62. The number of aromatic nitrogens is 1. The quantitative estimate of drug-likeness (QED) is 0.396. The summed E-state index contributed by atoms with van der Waals surface area (Å²) in [7, 11) is 0. The molecule has 9 nitrogen and oxygen atoms in total. The van der Waals surface area contributed by atoms with Gasteiger partial charge in [-0.25, -0.2) is 9.59 Å². The van der Waals surface area contributed by atoms with E-state index in [0.717, 1.165) is 44.5 Å². The average Bonchev–Trinajstić information content (AvgIpc) is 3.03. The van der Waals surface area contributed by atoms with E-state index < -0.39 is 11.7 Å². The Morgan fingerprint density at radius 1 is 0.956 bits per heavy atom. The van der Waals surface area contributed by atoms with Crippen LogP contribution in [0.1, 0.15) is 94.1 Å². The highest BCUT2D eigenvalue weighted by Gasteiger charge is 2.37. The molecule has 2 amide bonds. The minimum Gasteiger partial charge on any atom is -0.465 e. The lowest BCUT2D eigenvalue weighted by Gasteiger charge is -2.44. The van der Waals surface area contributed by atoms with Crippen molar-refractivity contribution in [2.24, 2.45) is 5.92 Å². The van der Waals surface area contributed by atoms with Crippen molar-refractivity contribution in [1.29, 1.82) is 0 Å². The molecule has 2 aliphatic carbocycles. The van der Waals surface area contributed by atoms with Crippen LogP contribution in [0.2, 0.25) is 0 Å². The number of carbonyl (C=O) groups excluding carboxylic acids is 1. The fraction of sp³-hybridized carbons (Fsp3) is 0.639. The molecule has 1 aromatic heterocycles. The highest BCUT2D eigenvalue weighted by atomic mass is 16.6. The van der Waals surface area contributed by atoms with E-state index in [4.69, 9.17) is 9.72 Å². The summed E-state index contributed by atoms with van der Waals surface area (Å²) in [6, 6.07) is 10.7. The number of rotatable bonds is 6. The molecule has 0 radical (unpaired) electrons. The molecule has 3 heterocycles. The van der Waals surface area contributed by atoms with Crippen molar-refractivity contribution < 1.29 is 19.4 Å². The van der Waals surface area contributed by atoms with Gasteiger partial charge in [-0.15, -0.1) is 0 Å². The van der Waals surface area contributed by atoms with E-state index in [-0.39, 0.29) is 18.2 Å². The summed E-state index contributed by atoms with van der Waals surface area (Å²) in [5, 5.41) is 10.5. The number of ether oxygens (including phenoxy) is 1. The van der Waals surface area contributed by atoms with Crippen molar-refractivity contribution >= 4 is 17.9 Å². The van der Waals surface area contributed by atoms with E-state index in [9.17, 15) is 14.7 Å². The second kappa shape index (κ2) is 13.6. The van der Waals surface area contributed by atoms with Crippen LogP contribution in [-0.2, 0) is 24.1 Å². The number of carbonyl (C=O) groups is 2. The number of nitrogens with zero attached hydrogens (tertiary/aromatic N) is 5. The highest BCUT2D eigenvalue weighted by molar-refractivity contribution is 5.70. The second-order valence-corrected chi connectivity index (χ2v) is 14.6. The van der Waals surface area contributed by atoms with E-state index in [1.165, 1.54) is 54.6 Å². The number of anilines is 1. The van der Waals surface area contributed by atoms with Crippen LogP contribution in [0.15, 0.2) is 36.5 Å². The molecule has 1 saturated carbocycles. The predicted octanol–water partition coefficient (Wildman–Crippen LogP) is 6.50. The van der Waals surface area contributed by atoms with E-state index in [0.29, 0.717) is 38.5 Å². The molecule has 1 unspecified atom stereocenters. The van der Waals surface area contributed by atoms with Gasteiger partial charge in [-0.3, -0.25) is 14.8 Å². The molecule has 244 valence electrons. The maximum Gasteiger partial charge on any atom is 0.410 e. The molecule has 1 saturated heterocycles. The summed E-state index contributed by atoms with van der Waals surface area (Å²) >= 11 is 0. The van der Waals surface area contributed by atoms with Crippen LogP contribution >= 0.6 is 0 Å². The van der Waals surface area contributed by atoms with Gasteiger partial charge in [0.25, 0.3) is 0 Å². The molecule has 2 aliphatic heterocycles. The van der Waals surface area contributed by atoms with Crippen molar-refractivity contribution in [3.05, 3.63) is 58.9 Å². The predicted molar refractivity (Wildman–Crippen MR) is 176 cm³/mol. The Balaban J connectivity index is 1.24. The number of piperazine rings is 1. The Morgan fingerprint density at radius 3 is 2.44 bits per heavy atom. The fourth-order valence-corrected chi connectivity index (χ4v) is 8.04. The standard InChI is InChI=1S/C36H51N5O4/c1-36(2,3)45-35(44)39-20-18-38(19-21-39)31-15-8-13-28-24-41(34(42)43)29(22-30(28)31)25-40(23-26-10-5-4-6-11-26)32-16-7-12-27-14-9-17-37-33(27)32/h8-9,13-15,17,26,29,32H,4-7,10-12,16,18-25H2,1-3H3,(H,42,43)/t29?,32-/m0/s1. The lowest BCUT2D eigenvalue weighted by Crippen LogP contribution is -2.52. The van der Waals surface area contributed by atoms with Gasteiger partial charge in [0.1, 0.15) is 5.60 Å². The molecule has 2 atom stereocenters. The number of benzene rings is 1. The summed E-state index contributed by atoms with van der Waals surface area (Å²) in [6.45, 7) is 10.5. The van der Waals surface area contributed by atoms with Crippen molar-refractivity contribution in [3.63, 3.8) is 0 Å². The first kappa shape index (κ1) is 31.6. The number of amides is 2. The molecule has 6 rings (SSSR count). The number of aryl methyl sites for hydroxylation is 1. The second-order valence-electron chi connectivity index (χ2n) is 14.6. The summed E-state index contributed by atoms with van der Waals surface area (Å²) in [4.78, 5) is 38.8. The van der Waals surface area contributed by atoms with Crippen LogP contribution in [0, 0.1) is 5.92 Å². The number of fused-ring (bicyclic) bond motifs is 2. The maximum atomic E-state index is 12.7. The van der Waals surface area contributed by atoms with Crippen LogP contribution in [0.25, 0.3) is 0 Å². The molecule has 2 aromatic rings. The van der Waals surface area contributed by atoms with Crippen molar-refractivity contribution in [3.8, 4) is 0 Å². The number of hydrogen-bond donors (Lipinski definition) is 1. The number of hydrogen-bond acceptors (Lipinski definition) is 6. The first-order valence-corrected chi connectivity index (χ1v) is 17.2. The molecular formula is C36H51N5O4. The van der Waals surface area contributed by atoms with Gasteiger partial charge in [0.15, 0.2) is 0 Å². The van der Waals surface area contributed by atoms with Crippen LogP contribution in [0.4, 0.5) is 15.3 Å². The number of pyridine rings is 1. The molecule has 9 heteroatoms. The smallest absolute Gasteiger partial charge is 0.410 e. The molecule has 45 heavy (non-hydrogen) atoms. The van der Waals surface area contributed by atoms with E-state index >= 15 is 0 Å². The van der Waals surface area contributed by atoms with Gasteiger partial charge in [0.2, 0.25) is 0 Å². The van der Waals surface area contributed by atoms with Gasteiger partial charge in [-0.05, 0) is 94.0 Å². The monoisotopic (exact) mass is 617 g/mol. The average molecular weight is 618 g/mol. The maximum absolute atomic E-state index is 12.7. The Hall–Kier alpha value is -3.33. The van der Waals surface area contributed by atoms with Crippen LogP contribution in [0.3, 0.4) is 0 Å². The zero-order valence-electron chi connectivity index (χ0n) is 27.4. The molecule has 4 aliphatic rings. The molecule has 0 spiro atoms. The number of carboxylic acid groups (broad SMARTS) is 1. The van der Waals surface area contributed by atoms with Crippen molar-refractivity contribution in [1.82, 2.24) is 19.7 Å². The third-order valence-electron chi connectivity index (χ3n) is 10.3. The van der Waals surface area contributed by atoms with E-state index in [1.54, 1.807) is 9.80 Å². The SMILES string of the molecule is CC(C)(C)OC(=O)N1CCN(c2cccc3c2CC(CN(CC2CCCCC2)[C@H]2CCCc4cccnc42)N(C(=O)O)C3)CC1. The van der Waals surface area contributed by atoms with Gasteiger partial charge < -0.3 is 19.6 Å². The molecular weight excluding hydrogens is 566 g/mol. The van der Waals surface area contributed by atoms with Crippen LogP contribution in [0.5, 0.6) is 0 Å². The molecule has 1 N–H and O–H groups in total. The topological polar surface area (TPSA) is 89.5 Å².